The summed E-state index contributed by atoms with van der Waals surface area (Å²) in [4.78, 5) is 31.4. The van der Waals surface area contributed by atoms with Gasteiger partial charge in [-0.2, -0.15) is 0 Å². The third-order valence-corrected chi connectivity index (χ3v) is 12.7. The van der Waals surface area contributed by atoms with Crippen LogP contribution in [0.2, 0.25) is 18.1 Å². The molecule has 0 radical (unpaired) electrons. The maximum Gasteiger partial charge on any atom is 0.252 e. The Kier molecular flexibility index (Phi) is 13.0. The molecule has 0 aliphatic carbocycles. The SMILES string of the molecule is COc1ccc(COCCOc2ccc(C(=O)NC(CO[Si](C)(C)C(C)(C)C)C(=O)c3ccc(OC)c(Br)n3)cc2OC)cc1. The topological polar surface area (TPSA) is 114 Å². The summed E-state index contributed by atoms with van der Waals surface area (Å²) in [7, 11) is 2.40. The average Bonchev–Trinajstić information content (AvgIpc) is 3.02. The quantitative estimate of drug-likeness (QED) is 0.0777. The summed E-state index contributed by atoms with van der Waals surface area (Å²) in [5, 5.41) is 2.77. The van der Waals surface area contributed by atoms with Crippen molar-refractivity contribution in [1.29, 1.82) is 0 Å². The number of benzene rings is 2. The van der Waals surface area contributed by atoms with Crippen molar-refractivity contribution in [2.75, 3.05) is 41.2 Å². The number of Topliss-reactive ketones (excluding diaryl/α,β-unsaturated/α-hetero) is 1. The van der Waals surface area contributed by atoms with Gasteiger partial charge in [-0.05, 0) is 82.1 Å². The molecule has 0 bridgehead atoms. The highest BCUT2D eigenvalue weighted by molar-refractivity contribution is 9.10. The number of hydrogen-bond donors (Lipinski definition) is 1. The molecule has 1 atom stereocenters. The number of ether oxygens (including phenoxy) is 5. The summed E-state index contributed by atoms with van der Waals surface area (Å²) in [6, 6.07) is 14.7. The first-order valence-corrected chi connectivity index (χ1v) is 18.2. The largest absolute Gasteiger partial charge is 0.497 e. The first-order chi connectivity index (χ1) is 21.3. The molecule has 1 heterocycles. The van der Waals surface area contributed by atoms with Crippen LogP contribution in [0.15, 0.2) is 59.2 Å². The monoisotopic (exact) mass is 702 g/mol. The number of nitrogens with zero attached hydrogens (tertiary/aromatic N) is 1. The van der Waals surface area contributed by atoms with E-state index in [0.29, 0.717) is 40.6 Å². The molecule has 244 valence electrons. The van der Waals surface area contributed by atoms with Gasteiger partial charge in [-0.3, -0.25) is 9.59 Å². The number of halogens is 1. The van der Waals surface area contributed by atoms with E-state index in [9.17, 15) is 9.59 Å². The lowest BCUT2D eigenvalue weighted by Gasteiger charge is -2.37. The van der Waals surface area contributed by atoms with E-state index in [1.807, 2.05) is 24.3 Å². The fourth-order valence-electron chi connectivity index (χ4n) is 3.87. The standard InChI is InChI=1S/C33H43BrN2O8Si/c1-33(2,3)45(7,8)44-21-26(30(37)25-14-16-28(40-5)31(34)35-25)36-32(38)23-11-15-27(29(19-23)41-6)43-18-17-42-20-22-9-12-24(39-4)13-10-22/h9-16,19,26H,17-18,20-21H2,1-8H3,(H,36,38). The third-order valence-electron chi connectivity index (χ3n) is 7.66. The number of carbonyl (C=O) groups is 2. The van der Waals surface area contributed by atoms with Crippen LogP contribution in [0.3, 0.4) is 0 Å². The number of nitrogens with one attached hydrogen (secondary N) is 1. The highest BCUT2D eigenvalue weighted by atomic mass is 79.9. The van der Waals surface area contributed by atoms with Gasteiger partial charge >= 0.3 is 0 Å². The van der Waals surface area contributed by atoms with E-state index >= 15 is 0 Å². The molecule has 1 unspecified atom stereocenters. The second-order valence-electron chi connectivity index (χ2n) is 11.8. The second kappa shape index (κ2) is 16.2. The minimum absolute atomic E-state index is 0.00124. The molecule has 2 aromatic carbocycles. The summed E-state index contributed by atoms with van der Waals surface area (Å²) < 4.78 is 34.2. The number of carbonyl (C=O) groups excluding carboxylic acids is 2. The molecule has 0 saturated carbocycles. The molecule has 0 fully saturated rings. The Morgan fingerprint density at radius 3 is 2.16 bits per heavy atom. The molecule has 1 amide bonds. The molecule has 12 heteroatoms. The van der Waals surface area contributed by atoms with Crippen molar-refractivity contribution in [2.45, 2.75) is 51.6 Å². The smallest absolute Gasteiger partial charge is 0.252 e. The molecule has 3 aromatic rings. The molecule has 1 N–H and O–H groups in total. The number of hydrogen-bond acceptors (Lipinski definition) is 9. The molecular formula is C33H43BrN2O8Si. The maximum absolute atomic E-state index is 13.6. The third kappa shape index (κ3) is 10.0. The Balaban J connectivity index is 1.69. The average molecular weight is 704 g/mol. The predicted octanol–water partition coefficient (Wildman–Crippen LogP) is 6.47. The highest BCUT2D eigenvalue weighted by Gasteiger charge is 2.38. The first kappa shape index (κ1) is 36.0. The Morgan fingerprint density at radius 2 is 1.56 bits per heavy atom. The Hall–Kier alpha value is -3.45. The van der Waals surface area contributed by atoms with Gasteiger partial charge in [0, 0.05) is 5.56 Å². The summed E-state index contributed by atoms with van der Waals surface area (Å²) in [5.74, 6) is 1.26. The maximum atomic E-state index is 13.6. The summed E-state index contributed by atoms with van der Waals surface area (Å²) in [5.41, 5.74) is 1.48. The van der Waals surface area contributed by atoms with Gasteiger partial charge in [0.15, 0.2) is 25.6 Å². The van der Waals surface area contributed by atoms with Crippen molar-refractivity contribution in [3.05, 3.63) is 76.0 Å². The molecular weight excluding hydrogens is 660 g/mol. The van der Waals surface area contributed by atoms with Crippen LogP contribution in [0, 0.1) is 0 Å². The fraction of sp³-hybridized carbons (Fsp3) is 0.424. The molecule has 10 nitrogen and oxygen atoms in total. The summed E-state index contributed by atoms with van der Waals surface area (Å²) in [6.45, 7) is 11.6. The lowest BCUT2D eigenvalue weighted by molar-refractivity contribution is 0.0814. The van der Waals surface area contributed by atoms with Crippen LogP contribution >= 0.6 is 15.9 Å². The molecule has 0 spiro atoms. The summed E-state index contributed by atoms with van der Waals surface area (Å²) in [6.07, 6.45) is 0. The Bertz CT molecular complexity index is 1440. The van der Waals surface area contributed by atoms with Gasteiger partial charge in [-0.25, -0.2) is 4.98 Å². The number of aromatic nitrogens is 1. The van der Waals surface area contributed by atoms with Gasteiger partial charge in [-0.1, -0.05) is 32.9 Å². The zero-order valence-corrected chi connectivity index (χ0v) is 29.8. The number of methoxy groups -OCH3 is 3. The van der Waals surface area contributed by atoms with E-state index in [1.165, 1.54) is 14.2 Å². The van der Waals surface area contributed by atoms with Crippen LogP contribution < -0.4 is 24.3 Å². The normalized spacial score (nSPS) is 12.3. The first-order valence-electron chi connectivity index (χ1n) is 14.5. The van der Waals surface area contributed by atoms with E-state index < -0.39 is 20.3 Å². The molecule has 0 aliphatic rings. The number of rotatable bonds is 16. The van der Waals surface area contributed by atoms with E-state index in [-0.39, 0.29) is 29.7 Å². The van der Waals surface area contributed by atoms with E-state index in [4.69, 9.17) is 28.1 Å². The minimum Gasteiger partial charge on any atom is -0.497 e. The van der Waals surface area contributed by atoms with E-state index in [1.54, 1.807) is 37.4 Å². The van der Waals surface area contributed by atoms with Crippen molar-refractivity contribution in [3.8, 4) is 23.0 Å². The molecule has 0 saturated heterocycles. The highest BCUT2D eigenvalue weighted by Crippen LogP contribution is 2.36. The van der Waals surface area contributed by atoms with Crippen LogP contribution in [0.25, 0.3) is 0 Å². The lowest BCUT2D eigenvalue weighted by Crippen LogP contribution is -2.49. The number of pyridine rings is 1. The van der Waals surface area contributed by atoms with E-state index in [0.717, 1.165) is 11.3 Å². The summed E-state index contributed by atoms with van der Waals surface area (Å²) >= 11 is 3.34. The number of ketones is 1. The van der Waals surface area contributed by atoms with Crippen molar-refractivity contribution in [1.82, 2.24) is 10.3 Å². The molecule has 0 aliphatic heterocycles. The van der Waals surface area contributed by atoms with Crippen molar-refractivity contribution in [2.24, 2.45) is 0 Å². The van der Waals surface area contributed by atoms with Crippen LogP contribution in [0.4, 0.5) is 0 Å². The van der Waals surface area contributed by atoms with Crippen molar-refractivity contribution in [3.63, 3.8) is 0 Å². The minimum atomic E-state index is -2.24. The van der Waals surface area contributed by atoms with Gasteiger partial charge in [0.25, 0.3) is 5.91 Å². The molecule has 1 aromatic heterocycles. The Morgan fingerprint density at radius 1 is 0.889 bits per heavy atom. The zero-order chi connectivity index (χ0) is 33.2. The molecule has 3 rings (SSSR count). The van der Waals surface area contributed by atoms with Gasteiger partial charge in [-0.15, -0.1) is 0 Å². The molecule has 45 heavy (non-hydrogen) atoms. The van der Waals surface area contributed by atoms with Crippen molar-refractivity contribution >= 4 is 35.9 Å². The van der Waals surface area contributed by atoms with E-state index in [2.05, 4.69) is 60.1 Å². The van der Waals surface area contributed by atoms with Crippen LogP contribution in [0.1, 0.15) is 47.2 Å². The second-order valence-corrected chi connectivity index (χ2v) is 17.3. The van der Waals surface area contributed by atoms with Crippen molar-refractivity contribution < 1.29 is 37.7 Å². The van der Waals surface area contributed by atoms with Gasteiger partial charge < -0.3 is 33.4 Å². The lowest BCUT2D eigenvalue weighted by atomic mass is 10.1. The van der Waals surface area contributed by atoms with Crippen LogP contribution in [0.5, 0.6) is 23.0 Å². The van der Waals surface area contributed by atoms with Crippen LogP contribution in [-0.4, -0.2) is 72.2 Å². The van der Waals surface area contributed by atoms with Crippen LogP contribution in [-0.2, 0) is 15.8 Å². The zero-order valence-electron chi connectivity index (χ0n) is 27.2. The fourth-order valence-corrected chi connectivity index (χ4v) is 5.37. The number of amides is 1. The van der Waals surface area contributed by atoms with Gasteiger partial charge in [0.1, 0.15) is 28.7 Å². The Labute approximate surface area is 275 Å². The van der Waals surface area contributed by atoms with Gasteiger partial charge in [0.2, 0.25) is 5.78 Å². The predicted molar refractivity (Wildman–Crippen MR) is 178 cm³/mol. The van der Waals surface area contributed by atoms with Gasteiger partial charge in [0.05, 0.1) is 41.2 Å².